The lowest BCUT2D eigenvalue weighted by Gasteiger charge is -2.18. The number of guanidine groups is 1. The highest BCUT2D eigenvalue weighted by Gasteiger charge is 2.58. The maximum atomic E-state index is 12.8. The number of likely N-dealkylation sites (tertiary alicyclic amines) is 1. The van der Waals surface area contributed by atoms with Gasteiger partial charge in [-0.3, -0.25) is 14.5 Å². The van der Waals surface area contributed by atoms with Gasteiger partial charge in [0.2, 0.25) is 17.7 Å². The molecule has 1 saturated carbocycles. The van der Waals surface area contributed by atoms with Crippen LogP contribution in [-0.2, 0) is 16.1 Å². The Hall–Kier alpha value is -2.90. The molecular weight excluding hydrogens is 382 g/mol. The zero-order chi connectivity index (χ0) is 21.1. The standard InChI is InChI=1S/C22H29N5O3/c1-3-23-22(26-13-16-6-5-9-24-19(16)30-4-2)25-10-11-27-20(28)17-14-7-8-15(12-14)18(17)21(27)29/h5-9,14-15,17-18H,3-4,10-13H2,1-2H3,(H2,23,25,26). The normalized spacial score (nSPS) is 27.0. The van der Waals surface area contributed by atoms with Gasteiger partial charge in [0, 0.05) is 31.4 Å². The number of hydrogen-bond acceptors (Lipinski definition) is 5. The van der Waals surface area contributed by atoms with Gasteiger partial charge in [-0.15, -0.1) is 0 Å². The van der Waals surface area contributed by atoms with E-state index in [1.54, 1.807) is 6.20 Å². The second kappa shape index (κ2) is 8.85. The van der Waals surface area contributed by atoms with Crippen LogP contribution >= 0.6 is 0 Å². The highest BCUT2D eigenvalue weighted by molar-refractivity contribution is 6.06. The number of pyridine rings is 1. The second-order valence-electron chi connectivity index (χ2n) is 7.85. The summed E-state index contributed by atoms with van der Waals surface area (Å²) in [7, 11) is 0. The SMILES string of the molecule is CCNC(=NCc1cccnc1OCC)NCCN1C(=O)C2C3C=CC(C3)C2C1=O. The van der Waals surface area contributed by atoms with Crippen molar-refractivity contribution in [3.8, 4) is 5.88 Å². The molecule has 160 valence electrons. The van der Waals surface area contributed by atoms with E-state index in [1.807, 2.05) is 26.0 Å². The molecule has 1 aromatic heterocycles. The van der Waals surface area contributed by atoms with Crippen LogP contribution in [0.25, 0.3) is 0 Å². The summed E-state index contributed by atoms with van der Waals surface area (Å²) in [4.78, 5) is 35.8. The number of carbonyl (C=O) groups excluding carboxylic acids is 2. The van der Waals surface area contributed by atoms with Gasteiger partial charge < -0.3 is 15.4 Å². The predicted molar refractivity (Wildman–Crippen MR) is 113 cm³/mol. The van der Waals surface area contributed by atoms with Crippen molar-refractivity contribution in [1.29, 1.82) is 0 Å². The van der Waals surface area contributed by atoms with Gasteiger partial charge in [-0.25, -0.2) is 9.98 Å². The molecule has 1 aliphatic heterocycles. The summed E-state index contributed by atoms with van der Waals surface area (Å²) in [6.07, 6.45) is 6.88. The van der Waals surface area contributed by atoms with E-state index in [9.17, 15) is 9.59 Å². The number of amides is 2. The van der Waals surface area contributed by atoms with Crippen molar-refractivity contribution in [2.45, 2.75) is 26.8 Å². The molecule has 4 atom stereocenters. The Morgan fingerprint density at radius 2 is 1.93 bits per heavy atom. The molecule has 4 unspecified atom stereocenters. The van der Waals surface area contributed by atoms with E-state index >= 15 is 0 Å². The minimum Gasteiger partial charge on any atom is -0.478 e. The van der Waals surface area contributed by atoms with Crippen LogP contribution in [0.4, 0.5) is 0 Å². The summed E-state index contributed by atoms with van der Waals surface area (Å²) < 4.78 is 5.55. The molecule has 30 heavy (non-hydrogen) atoms. The Kier molecular flexibility index (Phi) is 6.01. The Morgan fingerprint density at radius 3 is 2.60 bits per heavy atom. The molecule has 2 bridgehead atoms. The smallest absolute Gasteiger partial charge is 0.233 e. The summed E-state index contributed by atoms with van der Waals surface area (Å²) >= 11 is 0. The van der Waals surface area contributed by atoms with Crippen molar-refractivity contribution in [3.05, 3.63) is 36.0 Å². The van der Waals surface area contributed by atoms with E-state index in [2.05, 4.69) is 32.8 Å². The molecule has 8 heteroatoms. The van der Waals surface area contributed by atoms with Gasteiger partial charge in [0.05, 0.1) is 25.0 Å². The van der Waals surface area contributed by atoms with Gasteiger partial charge in [0.25, 0.3) is 0 Å². The zero-order valence-electron chi connectivity index (χ0n) is 17.5. The Balaban J connectivity index is 1.34. The van der Waals surface area contributed by atoms with E-state index in [1.165, 1.54) is 4.90 Å². The molecule has 0 aromatic carbocycles. The molecule has 2 fully saturated rings. The Labute approximate surface area is 176 Å². The van der Waals surface area contributed by atoms with Crippen LogP contribution in [0, 0.1) is 23.7 Å². The first kappa shape index (κ1) is 20.4. The number of ether oxygens (including phenoxy) is 1. The summed E-state index contributed by atoms with van der Waals surface area (Å²) in [6.45, 7) is 6.39. The first-order valence-electron chi connectivity index (χ1n) is 10.8. The van der Waals surface area contributed by atoms with Crippen LogP contribution in [0.2, 0.25) is 0 Å². The third-order valence-electron chi connectivity index (χ3n) is 6.07. The number of aliphatic imine (C=N–C) groups is 1. The average molecular weight is 412 g/mol. The fourth-order valence-electron chi connectivity index (χ4n) is 4.79. The molecule has 2 aliphatic carbocycles. The number of hydrogen-bond donors (Lipinski definition) is 2. The predicted octanol–water partition coefficient (Wildman–Crippen LogP) is 1.34. The van der Waals surface area contributed by atoms with Crippen molar-refractivity contribution in [2.24, 2.45) is 28.7 Å². The summed E-state index contributed by atoms with van der Waals surface area (Å²) in [5.41, 5.74) is 0.900. The zero-order valence-corrected chi connectivity index (χ0v) is 17.5. The highest BCUT2D eigenvalue weighted by atomic mass is 16.5. The van der Waals surface area contributed by atoms with Crippen LogP contribution in [0.5, 0.6) is 5.88 Å². The summed E-state index contributed by atoms with van der Waals surface area (Å²) in [5.74, 6) is 1.39. The lowest BCUT2D eigenvalue weighted by Crippen LogP contribution is -2.43. The third-order valence-corrected chi connectivity index (χ3v) is 6.07. The average Bonchev–Trinajstić information content (AvgIpc) is 3.43. The van der Waals surface area contributed by atoms with Crippen molar-refractivity contribution in [3.63, 3.8) is 0 Å². The van der Waals surface area contributed by atoms with Crippen LogP contribution < -0.4 is 15.4 Å². The molecule has 0 spiro atoms. The molecular formula is C22H29N5O3. The van der Waals surface area contributed by atoms with Crippen molar-refractivity contribution in [2.75, 3.05) is 26.2 Å². The second-order valence-corrected chi connectivity index (χ2v) is 7.85. The van der Waals surface area contributed by atoms with E-state index in [4.69, 9.17) is 4.74 Å². The Bertz CT molecular complexity index is 838. The van der Waals surface area contributed by atoms with Crippen molar-refractivity contribution in [1.82, 2.24) is 20.5 Å². The minimum absolute atomic E-state index is 0.0118. The summed E-state index contributed by atoms with van der Waals surface area (Å²) in [5, 5.41) is 6.43. The molecule has 2 N–H and O–H groups in total. The van der Waals surface area contributed by atoms with E-state index < -0.39 is 0 Å². The number of rotatable bonds is 8. The third kappa shape index (κ3) is 3.78. The van der Waals surface area contributed by atoms with Gasteiger partial charge in [-0.05, 0) is 38.2 Å². The van der Waals surface area contributed by atoms with E-state index in [-0.39, 0.29) is 35.5 Å². The topological polar surface area (TPSA) is 95.9 Å². The fraction of sp³-hybridized carbons (Fsp3) is 0.545. The van der Waals surface area contributed by atoms with Crippen LogP contribution in [-0.4, -0.2) is 53.9 Å². The lowest BCUT2D eigenvalue weighted by atomic mass is 9.85. The van der Waals surface area contributed by atoms with Crippen LogP contribution in [0.1, 0.15) is 25.8 Å². The monoisotopic (exact) mass is 411 g/mol. The van der Waals surface area contributed by atoms with Gasteiger partial charge in [-0.2, -0.15) is 0 Å². The number of imide groups is 1. The molecule has 1 saturated heterocycles. The highest BCUT2D eigenvalue weighted by Crippen LogP contribution is 2.52. The van der Waals surface area contributed by atoms with Crippen molar-refractivity contribution >= 4 is 17.8 Å². The molecule has 1 aromatic rings. The van der Waals surface area contributed by atoms with Crippen LogP contribution in [0.3, 0.4) is 0 Å². The molecule has 3 aliphatic rings. The molecule has 2 amide bonds. The number of nitrogens with zero attached hydrogens (tertiary/aromatic N) is 3. The molecule has 4 rings (SSSR count). The van der Waals surface area contributed by atoms with Gasteiger partial charge in [0.1, 0.15) is 0 Å². The number of carbonyl (C=O) groups is 2. The molecule has 8 nitrogen and oxygen atoms in total. The van der Waals surface area contributed by atoms with E-state index in [0.717, 1.165) is 12.0 Å². The van der Waals surface area contributed by atoms with E-state index in [0.29, 0.717) is 44.6 Å². The quantitative estimate of drug-likeness (QED) is 0.290. The van der Waals surface area contributed by atoms with Crippen LogP contribution in [0.15, 0.2) is 35.5 Å². The Morgan fingerprint density at radius 1 is 1.20 bits per heavy atom. The first-order valence-corrected chi connectivity index (χ1v) is 10.8. The number of allylic oxidation sites excluding steroid dienone is 2. The number of aromatic nitrogens is 1. The fourth-order valence-corrected chi connectivity index (χ4v) is 4.79. The maximum absolute atomic E-state index is 12.8. The lowest BCUT2D eigenvalue weighted by molar-refractivity contribution is -0.140. The van der Waals surface area contributed by atoms with Gasteiger partial charge in [-0.1, -0.05) is 18.2 Å². The van der Waals surface area contributed by atoms with Gasteiger partial charge in [0.15, 0.2) is 5.96 Å². The maximum Gasteiger partial charge on any atom is 0.233 e. The molecule has 0 radical (unpaired) electrons. The van der Waals surface area contributed by atoms with Crippen molar-refractivity contribution < 1.29 is 14.3 Å². The molecule has 2 heterocycles. The van der Waals surface area contributed by atoms with Gasteiger partial charge >= 0.3 is 0 Å². The minimum atomic E-state index is -0.142. The largest absolute Gasteiger partial charge is 0.478 e. The number of fused-ring (bicyclic) bond motifs is 5. The summed E-state index contributed by atoms with van der Waals surface area (Å²) in [6, 6.07) is 3.80. The number of nitrogens with one attached hydrogen (secondary N) is 2. The first-order chi connectivity index (χ1) is 14.6.